The van der Waals surface area contributed by atoms with Gasteiger partial charge in [-0.15, -0.1) is 0 Å². The first-order valence-electron chi connectivity index (χ1n) is 7.26. The number of urea groups is 1. The average Bonchev–Trinajstić information content (AvgIpc) is 2.55. The fourth-order valence-electron chi connectivity index (χ4n) is 2.58. The molecular weight excluding hydrogens is 320 g/mol. The lowest BCUT2D eigenvalue weighted by Gasteiger charge is -2.37. The fraction of sp³-hybridized carbons (Fsp3) is 0.400. The Morgan fingerprint density at radius 2 is 2.22 bits per heavy atom. The van der Waals surface area contributed by atoms with Gasteiger partial charge in [-0.1, -0.05) is 24.3 Å². The fourth-order valence-corrected chi connectivity index (χ4v) is 2.79. The maximum Gasteiger partial charge on any atom is 0.410 e. The zero-order valence-electron chi connectivity index (χ0n) is 12.7. The number of rotatable bonds is 4. The molecule has 0 radical (unpaired) electrons. The van der Waals surface area contributed by atoms with E-state index in [0.717, 1.165) is 0 Å². The maximum atomic E-state index is 11.9. The zero-order valence-corrected chi connectivity index (χ0v) is 13.4. The van der Waals surface area contributed by atoms with E-state index in [1.807, 2.05) is 0 Å². The van der Waals surface area contributed by atoms with E-state index in [4.69, 9.17) is 22.1 Å². The molecule has 0 bridgehead atoms. The molecule has 7 nitrogen and oxygen atoms in total. The van der Waals surface area contributed by atoms with E-state index in [0.29, 0.717) is 31.6 Å². The number of amides is 3. The Hall–Kier alpha value is -2.28. The van der Waals surface area contributed by atoms with Crippen molar-refractivity contribution in [2.45, 2.75) is 18.9 Å². The third kappa shape index (κ3) is 4.13. The lowest BCUT2D eigenvalue weighted by atomic mass is 10.0. The van der Waals surface area contributed by atoms with Crippen LogP contribution in [0.1, 0.15) is 12.8 Å². The van der Waals surface area contributed by atoms with Gasteiger partial charge in [0.1, 0.15) is 6.61 Å². The number of anilines is 1. The summed E-state index contributed by atoms with van der Waals surface area (Å²) >= 11 is 6.06. The van der Waals surface area contributed by atoms with Crippen molar-refractivity contribution >= 4 is 29.4 Å². The number of nitrogens with zero attached hydrogens (tertiary/aromatic N) is 3. The molecular formula is C15H19ClN4O3. The number of carbonyl (C=O) groups is 2. The number of hydrogen-bond acceptors (Lipinski definition) is 4. The second-order valence-electron chi connectivity index (χ2n) is 5.11. The average molecular weight is 339 g/mol. The predicted octanol–water partition coefficient (Wildman–Crippen LogP) is 2.41. The molecule has 0 spiro atoms. The van der Waals surface area contributed by atoms with Crippen LogP contribution < -0.4 is 10.6 Å². The second-order valence-corrected chi connectivity index (χ2v) is 5.46. The number of hydrogen-bond donors (Lipinski definition) is 1. The van der Waals surface area contributed by atoms with Gasteiger partial charge in [-0.05, 0) is 25.0 Å². The molecule has 2 rings (SSSR count). The SMILES string of the molecule is C=CCOC(=O)N1CCC(N(C(N)=O)c2cccnc2Cl)CC1. The van der Waals surface area contributed by atoms with Crippen LogP contribution in [0.15, 0.2) is 31.0 Å². The monoisotopic (exact) mass is 338 g/mol. The Morgan fingerprint density at radius 3 is 2.78 bits per heavy atom. The van der Waals surface area contributed by atoms with Crippen LogP contribution in [0.4, 0.5) is 15.3 Å². The molecule has 0 aliphatic carbocycles. The van der Waals surface area contributed by atoms with Crippen LogP contribution in [0.3, 0.4) is 0 Å². The molecule has 0 aromatic carbocycles. The molecule has 2 heterocycles. The smallest absolute Gasteiger partial charge is 0.410 e. The van der Waals surface area contributed by atoms with Crippen LogP contribution in [0.2, 0.25) is 5.15 Å². The third-order valence-corrected chi connectivity index (χ3v) is 3.94. The number of primary amides is 1. The topological polar surface area (TPSA) is 88.8 Å². The van der Waals surface area contributed by atoms with Crippen LogP contribution in [0.5, 0.6) is 0 Å². The van der Waals surface area contributed by atoms with E-state index in [1.54, 1.807) is 23.2 Å². The molecule has 23 heavy (non-hydrogen) atoms. The van der Waals surface area contributed by atoms with Crippen molar-refractivity contribution in [2.24, 2.45) is 5.73 Å². The molecule has 1 fully saturated rings. The number of nitrogens with two attached hydrogens (primary N) is 1. The Balaban J connectivity index is 2.04. The van der Waals surface area contributed by atoms with Gasteiger partial charge in [-0.3, -0.25) is 4.90 Å². The standard InChI is InChI=1S/C15H19ClN4O3/c1-2-10-23-15(22)19-8-5-11(6-9-19)20(14(17)21)12-4-3-7-18-13(12)16/h2-4,7,11H,1,5-6,8-10H2,(H2,17,21). The number of halogens is 1. The summed E-state index contributed by atoms with van der Waals surface area (Å²) in [5.74, 6) is 0. The number of carbonyl (C=O) groups excluding carboxylic acids is 2. The van der Waals surface area contributed by atoms with Gasteiger partial charge in [0.15, 0.2) is 5.15 Å². The Labute approximate surface area is 139 Å². The molecule has 3 amide bonds. The van der Waals surface area contributed by atoms with Crippen molar-refractivity contribution in [3.8, 4) is 0 Å². The van der Waals surface area contributed by atoms with Crippen molar-refractivity contribution in [1.82, 2.24) is 9.88 Å². The van der Waals surface area contributed by atoms with Crippen molar-refractivity contribution in [1.29, 1.82) is 0 Å². The first-order chi connectivity index (χ1) is 11.0. The summed E-state index contributed by atoms with van der Waals surface area (Å²) in [6.07, 6.45) is 3.84. The van der Waals surface area contributed by atoms with E-state index in [-0.39, 0.29) is 23.9 Å². The van der Waals surface area contributed by atoms with E-state index >= 15 is 0 Å². The van der Waals surface area contributed by atoms with Gasteiger partial charge in [0.25, 0.3) is 0 Å². The highest BCUT2D eigenvalue weighted by Crippen LogP contribution is 2.28. The van der Waals surface area contributed by atoms with Gasteiger partial charge >= 0.3 is 12.1 Å². The summed E-state index contributed by atoms with van der Waals surface area (Å²) in [6, 6.07) is 2.66. The minimum atomic E-state index is -0.590. The number of piperidine rings is 1. The van der Waals surface area contributed by atoms with Crippen LogP contribution in [-0.4, -0.2) is 47.7 Å². The molecule has 1 saturated heterocycles. The molecule has 1 aliphatic heterocycles. The molecule has 1 aliphatic rings. The Morgan fingerprint density at radius 1 is 1.52 bits per heavy atom. The summed E-state index contributed by atoms with van der Waals surface area (Å²) in [5.41, 5.74) is 5.99. The van der Waals surface area contributed by atoms with Gasteiger partial charge in [0.05, 0.1) is 5.69 Å². The van der Waals surface area contributed by atoms with E-state index in [9.17, 15) is 9.59 Å². The number of aromatic nitrogens is 1. The quantitative estimate of drug-likeness (QED) is 0.674. The molecule has 1 aromatic rings. The highest BCUT2D eigenvalue weighted by molar-refractivity contribution is 6.32. The van der Waals surface area contributed by atoms with E-state index in [2.05, 4.69) is 11.6 Å². The molecule has 8 heteroatoms. The minimum Gasteiger partial charge on any atom is -0.445 e. The van der Waals surface area contributed by atoms with Gasteiger partial charge in [0, 0.05) is 25.3 Å². The third-order valence-electron chi connectivity index (χ3n) is 3.65. The van der Waals surface area contributed by atoms with Crippen LogP contribution >= 0.6 is 11.6 Å². The van der Waals surface area contributed by atoms with Gasteiger partial charge in [-0.25, -0.2) is 14.6 Å². The number of ether oxygens (including phenoxy) is 1. The van der Waals surface area contributed by atoms with Gasteiger partial charge in [0.2, 0.25) is 0 Å². The van der Waals surface area contributed by atoms with Crippen molar-refractivity contribution in [3.05, 3.63) is 36.1 Å². The van der Waals surface area contributed by atoms with Crippen LogP contribution in [0.25, 0.3) is 0 Å². The van der Waals surface area contributed by atoms with Crippen molar-refractivity contribution in [3.63, 3.8) is 0 Å². The van der Waals surface area contributed by atoms with Crippen LogP contribution in [-0.2, 0) is 4.74 Å². The molecule has 0 saturated carbocycles. The summed E-state index contributed by atoms with van der Waals surface area (Å²) in [5, 5.41) is 0.221. The highest BCUT2D eigenvalue weighted by Gasteiger charge is 2.31. The summed E-state index contributed by atoms with van der Waals surface area (Å²) in [6.45, 7) is 4.63. The largest absolute Gasteiger partial charge is 0.445 e. The maximum absolute atomic E-state index is 11.9. The Kier molecular flexibility index (Phi) is 5.81. The number of pyridine rings is 1. The predicted molar refractivity (Wildman–Crippen MR) is 87.4 cm³/mol. The first-order valence-corrected chi connectivity index (χ1v) is 7.64. The molecule has 2 N–H and O–H groups in total. The normalized spacial score (nSPS) is 15.1. The van der Waals surface area contributed by atoms with Crippen molar-refractivity contribution in [2.75, 3.05) is 24.6 Å². The lowest BCUT2D eigenvalue weighted by molar-refractivity contribution is 0.102. The van der Waals surface area contributed by atoms with Crippen LogP contribution in [0, 0.1) is 0 Å². The summed E-state index contributed by atoms with van der Waals surface area (Å²) in [4.78, 5) is 30.7. The molecule has 1 aromatic heterocycles. The molecule has 124 valence electrons. The van der Waals surface area contributed by atoms with E-state index in [1.165, 1.54) is 11.0 Å². The second kappa shape index (κ2) is 7.82. The summed E-state index contributed by atoms with van der Waals surface area (Å²) in [7, 11) is 0. The number of likely N-dealkylation sites (tertiary alicyclic amines) is 1. The lowest BCUT2D eigenvalue weighted by Crippen LogP contribution is -2.51. The Bertz CT molecular complexity index is 588. The van der Waals surface area contributed by atoms with Crippen molar-refractivity contribution < 1.29 is 14.3 Å². The van der Waals surface area contributed by atoms with Gasteiger partial charge in [-0.2, -0.15) is 0 Å². The first kappa shape index (κ1) is 17.1. The minimum absolute atomic E-state index is 0.141. The zero-order chi connectivity index (χ0) is 16.8. The molecule has 0 unspecified atom stereocenters. The van der Waals surface area contributed by atoms with E-state index < -0.39 is 6.03 Å². The van der Waals surface area contributed by atoms with Gasteiger partial charge < -0.3 is 15.4 Å². The highest BCUT2D eigenvalue weighted by atomic mass is 35.5. The summed E-state index contributed by atoms with van der Waals surface area (Å²) < 4.78 is 5.01. The molecule has 0 atom stereocenters.